The van der Waals surface area contributed by atoms with E-state index in [0.717, 1.165) is 43.2 Å². The summed E-state index contributed by atoms with van der Waals surface area (Å²) in [7, 11) is 0.430. The molecule has 32 heavy (non-hydrogen) atoms. The van der Waals surface area contributed by atoms with Gasteiger partial charge in [0, 0.05) is 57.1 Å². The Balaban J connectivity index is 0.00000114. The van der Waals surface area contributed by atoms with Crippen LogP contribution in [-0.2, 0) is 17.5 Å². The highest BCUT2D eigenvalue weighted by atomic mass is 32.2. The molecule has 6 N–H and O–H groups in total. The van der Waals surface area contributed by atoms with E-state index in [1.54, 1.807) is 54.0 Å². The molecule has 3 rings (SSSR count). The highest BCUT2D eigenvalue weighted by Crippen LogP contribution is 2.25. The minimum atomic E-state index is -1.26. The summed E-state index contributed by atoms with van der Waals surface area (Å²) in [6.45, 7) is 6.90. The predicted molar refractivity (Wildman–Crippen MR) is 134 cm³/mol. The van der Waals surface area contributed by atoms with Crippen molar-refractivity contribution in [2.75, 3.05) is 55.6 Å². The number of amides is 1. The Hall–Kier alpha value is -2.02. The minimum absolute atomic E-state index is 0.315. The molecule has 1 aliphatic heterocycles. The Kier molecular flexibility index (Phi) is 11.1. The van der Waals surface area contributed by atoms with E-state index in [0.29, 0.717) is 23.6 Å². The van der Waals surface area contributed by atoms with E-state index < -0.39 is 11.0 Å². The van der Waals surface area contributed by atoms with Crippen LogP contribution in [0.2, 0.25) is 0 Å². The first-order chi connectivity index (χ1) is 15.4. The number of benzene rings is 1. The molecule has 0 saturated carbocycles. The smallest absolute Gasteiger partial charge is 0.258 e. The van der Waals surface area contributed by atoms with Crippen LogP contribution < -0.4 is 26.4 Å². The standard InChI is InChI=1S/C19H26N6O2S2.C2H7N/c1-24(29(2)27)17-5-3-14(12-20)11-16(17)19(26)23-18-6-4-15(13-22-18)28-25-9-7-21-8-10-25;1-2-3/h3-6,11,13,21H,7-10,12,20H2,1-2H3,(H,22,23,26);2-3H2,1H3. The third kappa shape index (κ3) is 7.84. The molecule has 1 aromatic carbocycles. The molecule has 1 amide bonds. The van der Waals surface area contributed by atoms with Crippen LogP contribution in [0.5, 0.6) is 0 Å². The number of carbonyl (C=O) groups excluding carboxylic acids is 1. The summed E-state index contributed by atoms with van der Waals surface area (Å²) >= 11 is 1.67. The average Bonchev–Trinajstić information content (AvgIpc) is 2.80. The maximum Gasteiger partial charge on any atom is 0.258 e. The number of carbonyl (C=O) groups is 1. The number of nitrogens with one attached hydrogen (secondary N) is 2. The van der Waals surface area contributed by atoms with Gasteiger partial charge in [0.15, 0.2) is 0 Å². The fourth-order valence-corrected chi connectivity index (χ4v) is 4.21. The van der Waals surface area contributed by atoms with Gasteiger partial charge in [-0.2, -0.15) is 0 Å². The fourth-order valence-electron chi connectivity index (χ4n) is 2.88. The van der Waals surface area contributed by atoms with Gasteiger partial charge in [0.2, 0.25) is 0 Å². The lowest BCUT2D eigenvalue weighted by Crippen LogP contribution is -2.39. The van der Waals surface area contributed by atoms with Crippen LogP contribution in [0, 0.1) is 0 Å². The van der Waals surface area contributed by atoms with Crippen molar-refractivity contribution < 1.29 is 9.00 Å². The van der Waals surface area contributed by atoms with Gasteiger partial charge in [-0.25, -0.2) is 13.5 Å². The van der Waals surface area contributed by atoms with Crippen molar-refractivity contribution in [3.8, 4) is 0 Å². The van der Waals surface area contributed by atoms with Crippen LogP contribution in [0.4, 0.5) is 11.5 Å². The predicted octanol–water partition coefficient (Wildman–Crippen LogP) is 1.40. The van der Waals surface area contributed by atoms with E-state index in [-0.39, 0.29) is 5.91 Å². The molecule has 1 unspecified atom stereocenters. The second kappa shape index (κ2) is 13.5. The third-order valence-electron chi connectivity index (χ3n) is 4.55. The molecule has 0 spiro atoms. The molecular weight excluding hydrogens is 446 g/mol. The van der Waals surface area contributed by atoms with Crippen molar-refractivity contribution in [3.63, 3.8) is 0 Å². The van der Waals surface area contributed by atoms with Crippen molar-refractivity contribution in [1.82, 2.24) is 14.6 Å². The molecule has 11 heteroatoms. The number of nitrogens with two attached hydrogens (primary N) is 2. The number of aromatic nitrogens is 1. The van der Waals surface area contributed by atoms with Gasteiger partial charge in [0.05, 0.1) is 11.3 Å². The van der Waals surface area contributed by atoms with Gasteiger partial charge in [-0.15, -0.1) is 0 Å². The minimum Gasteiger partial charge on any atom is -0.331 e. The molecule has 0 radical (unpaired) electrons. The summed E-state index contributed by atoms with van der Waals surface area (Å²) in [6.07, 6.45) is 3.32. The van der Waals surface area contributed by atoms with Gasteiger partial charge >= 0.3 is 0 Å². The number of pyridine rings is 1. The normalized spacial score (nSPS) is 14.8. The van der Waals surface area contributed by atoms with E-state index >= 15 is 0 Å². The molecule has 1 atom stereocenters. The molecule has 1 fully saturated rings. The quantitative estimate of drug-likeness (QED) is 0.439. The summed E-state index contributed by atoms with van der Waals surface area (Å²) in [5.74, 6) is 0.145. The lowest BCUT2D eigenvalue weighted by Gasteiger charge is -2.25. The van der Waals surface area contributed by atoms with Gasteiger partial charge in [-0.05, 0) is 48.3 Å². The van der Waals surface area contributed by atoms with E-state index in [2.05, 4.69) is 19.9 Å². The van der Waals surface area contributed by atoms with Gasteiger partial charge in [0.1, 0.15) is 16.8 Å². The topological polar surface area (TPSA) is 130 Å². The monoisotopic (exact) mass is 479 g/mol. The summed E-state index contributed by atoms with van der Waals surface area (Å²) < 4.78 is 15.7. The largest absolute Gasteiger partial charge is 0.331 e. The lowest BCUT2D eigenvalue weighted by molar-refractivity contribution is 0.102. The molecule has 2 aromatic rings. The molecule has 176 valence electrons. The first kappa shape index (κ1) is 26.2. The van der Waals surface area contributed by atoms with Crippen LogP contribution in [0.25, 0.3) is 0 Å². The average molecular weight is 480 g/mol. The Morgan fingerprint density at radius 3 is 2.53 bits per heavy atom. The highest BCUT2D eigenvalue weighted by molar-refractivity contribution is 7.97. The van der Waals surface area contributed by atoms with Gasteiger partial charge < -0.3 is 22.1 Å². The Bertz CT molecular complexity index is 890. The van der Waals surface area contributed by atoms with E-state index in [1.165, 1.54) is 0 Å². The molecule has 0 bridgehead atoms. The second-order valence-corrected chi connectivity index (χ2v) is 9.55. The van der Waals surface area contributed by atoms with Crippen LogP contribution in [-0.4, -0.2) is 65.4 Å². The number of rotatable bonds is 7. The summed E-state index contributed by atoms with van der Waals surface area (Å²) in [4.78, 5) is 18.3. The van der Waals surface area contributed by atoms with Gasteiger partial charge in [-0.3, -0.25) is 9.10 Å². The third-order valence-corrected chi connectivity index (χ3v) is 6.60. The second-order valence-electron chi connectivity index (χ2n) is 6.99. The number of anilines is 2. The number of hydrogen-bond acceptors (Lipinski definition) is 8. The zero-order valence-electron chi connectivity index (χ0n) is 18.8. The van der Waals surface area contributed by atoms with Crippen molar-refractivity contribution >= 4 is 40.3 Å². The maximum atomic E-state index is 12.9. The Morgan fingerprint density at radius 2 is 1.97 bits per heavy atom. The maximum absolute atomic E-state index is 12.9. The van der Waals surface area contributed by atoms with Crippen LogP contribution >= 0.6 is 11.9 Å². The lowest BCUT2D eigenvalue weighted by atomic mass is 10.1. The molecule has 0 aliphatic carbocycles. The highest BCUT2D eigenvalue weighted by Gasteiger charge is 2.18. The van der Waals surface area contributed by atoms with Crippen molar-refractivity contribution in [2.24, 2.45) is 11.5 Å². The molecular formula is C21H33N7O2S2. The van der Waals surface area contributed by atoms with Crippen LogP contribution in [0.3, 0.4) is 0 Å². The van der Waals surface area contributed by atoms with Crippen molar-refractivity contribution in [1.29, 1.82) is 0 Å². The van der Waals surface area contributed by atoms with Gasteiger partial charge in [0.25, 0.3) is 5.91 Å². The summed E-state index contributed by atoms with van der Waals surface area (Å²) in [6, 6.07) is 9.05. The zero-order valence-corrected chi connectivity index (χ0v) is 20.5. The van der Waals surface area contributed by atoms with E-state index in [4.69, 9.17) is 11.5 Å². The summed E-state index contributed by atoms with van der Waals surface area (Å²) in [5, 5.41) is 6.15. The van der Waals surface area contributed by atoms with E-state index in [1.807, 2.05) is 19.1 Å². The number of nitrogens with zero attached hydrogens (tertiary/aromatic N) is 3. The molecule has 1 aromatic heterocycles. The molecule has 2 heterocycles. The first-order valence-corrected chi connectivity index (χ1v) is 12.7. The Morgan fingerprint density at radius 1 is 1.28 bits per heavy atom. The number of piperazine rings is 1. The molecule has 1 saturated heterocycles. The van der Waals surface area contributed by atoms with Crippen LogP contribution in [0.1, 0.15) is 22.8 Å². The molecule has 9 nitrogen and oxygen atoms in total. The van der Waals surface area contributed by atoms with Crippen LogP contribution in [0.15, 0.2) is 41.4 Å². The first-order valence-electron chi connectivity index (χ1n) is 10.4. The van der Waals surface area contributed by atoms with Crippen molar-refractivity contribution in [3.05, 3.63) is 47.7 Å². The summed E-state index contributed by atoms with van der Waals surface area (Å²) in [5.41, 5.74) is 12.4. The van der Waals surface area contributed by atoms with Crippen molar-refractivity contribution in [2.45, 2.75) is 18.4 Å². The fraction of sp³-hybridized carbons (Fsp3) is 0.429. The Labute approximate surface area is 197 Å². The SMILES string of the molecule is CCN.CN(c1ccc(CN)cc1C(=O)Nc1ccc(SN2CCNCC2)cn1)S(C)=O. The van der Waals surface area contributed by atoms with E-state index in [9.17, 15) is 9.00 Å². The zero-order chi connectivity index (χ0) is 23.5. The number of hydrogen-bond donors (Lipinski definition) is 4. The molecule has 1 aliphatic rings. The van der Waals surface area contributed by atoms with Gasteiger partial charge in [-0.1, -0.05) is 13.0 Å².